The van der Waals surface area contributed by atoms with Crippen molar-refractivity contribution in [2.24, 2.45) is 0 Å². The van der Waals surface area contributed by atoms with E-state index in [1.807, 2.05) is 4.90 Å². The van der Waals surface area contributed by atoms with Crippen LogP contribution in [0.5, 0.6) is 11.5 Å². The van der Waals surface area contributed by atoms with Crippen LogP contribution in [0.1, 0.15) is 0 Å². The SMILES string of the molecule is COc1cc(NC(=O)CN2CCN(S(=O)(=O)c3ccc(Br)cc3)CC2)cc(OC)c1. The van der Waals surface area contributed by atoms with E-state index >= 15 is 0 Å². The average Bonchev–Trinajstić information content (AvgIpc) is 2.74. The zero-order chi connectivity index (χ0) is 21.7. The summed E-state index contributed by atoms with van der Waals surface area (Å²) in [6, 6.07) is 11.7. The molecular weight excluding hydrogens is 474 g/mol. The topological polar surface area (TPSA) is 88.2 Å². The molecule has 0 atom stereocenters. The molecular formula is C20H24BrN3O5S. The molecule has 8 nitrogen and oxygen atoms in total. The first kappa shape index (κ1) is 22.5. The Morgan fingerprint density at radius 1 is 1.00 bits per heavy atom. The van der Waals surface area contributed by atoms with Gasteiger partial charge in [0, 0.05) is 54.5 Å². The van der Waals surface area contributed by atoms with Gasteiger partial charge in [0.05, 0.1) is 25.7 Å². The fraction of sp³-hybridized carbons (Fsp3) is 0.350. The molecule has 0 aliphatic carbocycles. The van der Waals surface area contributed by atoms with Crippen molar-refractivity contribution >= 4 is 37.5 Å². The molecule has 0 bridgehead atoms. The lowest BCUT2D eigenvalue weighted by molar-refractivity contribution is -0.117. The summed E-state index contributed by atoms with van der Waals surface area (Å²) < 4.78 is 38.3. The van der Waals surface area contributed by atoms with E-state index < -0.39 is 10.0 Å². The molecule has 1 aliphatic rings. The van der Waals surface area contributed by atoms with Crippen molar-refractivity contribution in [3.63, 3.8) is 0 Å². The molecule has 1 fully saturated rings. The van der Waals surface area contributed by atoms with Crippen molar-refractivity contribution in [2.75, 3.05) is 52.3 Å². The van der Waals surface area contributed by atoms with Gasteiger partial charge in [-0.25, -0.2) is 8.42 Å². The van der Waals surface area contributed by atoms with Crippen molar-refractivity contribution in [2.45, 2.75) is 4.90 Å². The number of amides is 1. The standard InChI is InChI=1S/C20H24BrN3O5S/c1-28-17-11-16(12-18(13-17)29-2)22-20(25)14-23-7-9-24(10-8-23)30(26,27)19-5-3-15(21)4-6-19/h3-6,11-13H,7-10,14H2,1-2H3,(H,22,25). The molecule has 30 heavy (non-hydrogen) atoms. The lowest BCUT2D eigenvalue weighted by Gasteiger charge is -2.33. The fourth-order valence-corrected chi connectivity index (χ4v) is 4.85. The van der Waals surface area contributed by atoms with Crippen LogP contribution in [0.3, 0.4) is 0 Å². The number of hydrogen-bond donors (Lipinski definition) is 1. The third-order valence-corrected chi connectivity index (χ3v) is 7.23. The molecule has 1 saturated heterocycles. The number of carbonyl (C=O) groups is 1. The molecule has 1 aliphatic heterocycles. The van der Waals surface area contributed by atoms with Crippen LogP contribution in [0.15, 0.2) is 51.8 Å². The van der Waals surface area contributed by atoms with Crippen LogP contribution in [0.2, 0.25) is 0 Å². The molecule has 2 aromatic carbocycles. The summed E-state index contributed by atoms with van der Waals surface area (Å²) in [4.78, 5) is 14.6. The number of halogens is 1. The minimum Gasteiger partial charge on any atom is -0.497 e. The van der Waals surface area contributed by atoms with E-state index in [0.29, 0.717) is 43.4 Å². The molecule has 0 spiro atoms. The highest BCUT2D eigenvalue weighted by molar-refractivity contribution is 9.10. The lowest BCUT2D eigenvalue weighted by Crippen LogP contribution is -2.50. The van der Waals surface area contributed by atoms with Gasteiger partial charge in [-0.05, 0) is 24.3 Å². The first-order chi connectivity index (χ1) is 14.3. The van der Waals surface area contributed by atoms with Crippen molar-refractivity contribution in [1.29, 1.82) is 0 Å². The smallest absolute Gasteiger partial charge is 0.243 e. The Balaban J connectivity index is 1.55. The van der Waals surface area contributed by atoms with Crippen LogP contribution < -0.4 is 14.8 Å². The number of rotatable bonds is 7. The molecule has 0 unspecified atom stereocenters. The van der Waals surface area contributed by atoms with Gasteiger partial charge < -0.3 is 14.8 Å². The maximum Gasteiger partial charge on any atom is 0.243 e. The van der Waals surface area contributed by atoms with Crippen molar-refractivity contribution in [3.8, 4) is 11.5 Å². The first-order valence-corrected chi connectivity index (χ1v) is 11.6. The Morgan fingerprint density at radius 3 is 2.10 bits per heavy atom. The zero-order valence-corrected chi connectivity index (χ0v) is 19.2. The van der Waals surface area contributed by atoms with Crippen LogP contribution in [-0.2, 0) is 14.8 Å². The van der Waals surface area contributed by atoms with Crippen molar-refractivity contribution in [1.82, 2.24) is 9.21 Å². The van der Waals surface area contributed by atoms with Gasteiger partial charge in [-0.15, -0.1) is 0 Å². The second-order valence-corrected chi connectivity index (χ2v) is 9.64. The zero-order valence-electron chi connectivity index (χ0n) is 16.8. The minimum atomic E-state index is -3.54. The van der Waals surface area contributed by atoms with E-state index in [0.717, 1.165) is 4.47 Å². The van der Waals surface area contributed by atoms with Gasteiger partial charge in [-0.2, -0.15) is 4.31 Å². The third kappa shape index (κ3) is 5.51. The molecule has 162 valence electrons. The largest absolute Gasteiger partial charge is 0.497 e. The van der Waals surface area contributed by atoms with Gasteiger partial charge in [0.2, 0.25) is 15.9 Å². The maximum absolute atomic E-state index is 12.8. The van der Waals surface area contributed by atoms with Gasteiger partial charge >= 0.3 is 0 Å². The van der Waals surface area contributed by atoms with Crippen LogP contribution in [0.25, 0.3) is 0 Å². The molecule has 3 rings (SSSR count). The molecule has 2 aromatic rings. The number of nitrogens with one attached hydrogen (secondary N) is 1. The Kier molecular flexibility index (Phi) is 7.35. The van der Waals surface area contributed by atoms with Crippen molar-refractivity contribution in [3.05, 3.63) is 46.9 Å². The lowest BCUT2D eigenvalue weighted by atomic mass is 10.2. The van der Waals surface area contributed by atoms with Crippen LogP contribution in [0, 0.1) is 0 Å². The third-order valence-electron chi connectivity index (χ3n) is 4.79. The summed E-state index contributed by atoms with van der Waals surface area (Å²) in [7, 11) is -0.449. The Bertz CT molecular complexity index is 968. The quantitative estimate of drug-likeness (QED) is 0.631. The van der Waals surface area contributed by atoms with Crippen LogP contribution in [-0.4, -0.2) is 70.5 Å². The predicted octanol–water partition coefficient (Wildman–Crippen LogP) is 2.41. The number of methoxy groups -OCH3 is 2. The Morgan fingerprint density at radius 2 is 1.57 bits per heavy atom. The number of hydrogen-bond acceptors (Lipinski definition) is 6. The molecule has 10 heteroatoms. The highest BCUT2D eigenvalue weighted by Crippen LogP contribution is 2.26. The summed E-state index contributed by atoms with van der Waals surface area (Å²) in [6.07, 6.45) is 0. The van der Waals surface area contributed by atoms with E-state index in [1.54, 1.807) is 56.7 Å². The molecule has 1 amide bonds. The molecule has 0 aromatic heterocycles. The second kappa shape index (κ2) is 9.78. The van der Waals surface area contributed by atoms with Gasteiger partial charge in [-0.3, -0.25) is 9.69 Å². The highest BCUT2D eigenvalue weighted by atomic mass is 79.9. The summed E-state index contributed by atoms with van der Waals surface area (Å²) in [5.41, 5.74) is 0.577. The second-order valence-electron chi connectivity index (χ2n) is 6.78. The van der Waals surface area contributed by atoms with E-state index in [1.165, 1.54) is 4.31 Å². The molecule has 1 heterocycles. The maximum atomic E-state index is 12.8. The van der Waals surface area contributed by atoms with Gasteiger partial charge in [0.25, 0.3) is 0 Å². The highest BCUT2D eigenvalue weighted by Gasteiger charge is 2.29. The summed E-state index contributed by atoms with van der Waals surface area (Å²) in [5, 5.41) is 2.83. The number of carbonyl (C=O) groups excluding carboxylic acids is 1. The number of nitrogens with zero attached hydrogens (tertiary/aromatic N) is 2. The molecule has 1 N–H and O–H groups in total. The van der Waals surface area contributed by atoms with Gasteiger partial charge in [0.15, 0.2) is 0 Å². The van der Waals surface area contributed by atoms with Crippen LogP contribution in [0.4, 0.5) is 5.69 Å². The van der Waals surface area contributed by atoms with Gasteiger partial charge in [-0.1, -0.05) is 15.9 Å². The van der Waals surface area contributed by atoms with E-state index in [2.05, 4.69) is 21.2 Å². The number of sulfonamides is 1. The van der Waals surface area contributed by atoms with Crippen molar-refractivity contribution < 1.29 is 22.7 Å². The number of ether oxygens (including phenoxy) is 2. The monoisotopic (exact) mass is 497 g/mol. The predicted molar refractivity (Wildman–Crippen MR) is 118 cm³/mol. The number of benzene rings is 2. The number of piperazine rings is 1. The number of anilines is 1. The summed E-state index contributed by atoms with van der Waals surface area (Å²) in [5.74, 6) is 0.974. The normalized spacial score (nSPS) is 15.6. The Labute approximate surface area is 184 Å². The summed E-state index contributed by atoms with van der Waals surface area (Å²) in [6.45, 7) is 1.79. The molecule has 0 radical (unpaired) electrons. The fourth-order valence-electron chi connectivity index (χ4n) is 3.17. The van der Waals surface area contributed by atoms with E-state index in [9.17, 15) is 13.2 Å². The van der Waals surface area contributed by atoms with Crippen LogP contribution >= 0.6 is 15.9 Å². The molecule has 0 saturated carbocycles. The Hall–Kier alpha value is -2.14. The van der Waals surface area contributed by atoms with E-state index in [-0.39, 0.29) is 17.3 Å². The minimum absolute atomic E-state index is 0.172. The van der Waals surface area contributed by atoms with E-state index in [4.69, 9.17) is 9.47 Å². The average molecular weight is 498 g/mol. The first-order valence-electron chi connectivity index (χ1n) is 9.33. The summed E-state index contributed by atoms with van der Waals surface area (Å²) >= 11 is 3.31. The van der Waals surface area contributed by atoms with Gasteiger partial charge in [0.1, 0.15) is 11.5 Å².